The summed E-state index contributed by atoms with van der Waals surface area (Å²) in [6.07, 6.45) is 0.814. The fourth-order valence-electron chi connectivity index (χ4n) is 4.57. The number of aromatic nitrogens is 1. The summed E-state index contributed by atoms with van der Waals surface area (Å²) in [5, 5.41) is 12.4. The molecule has 1 amide bonds. The average Bonchev–Trinajstić information content (AvgIpc) is 3.49. The van der Waals surface area contributed by atoms with Crippen LogP contribution in [0.2, 0.25) is 5.02 Å². The second-order valence-corrected chi connectivity index (χ2v) is 10.4. The van der Waals surface area contributed by atoms with Gasteiger partial charge in [0.25, 0.3) is 5.78 Å². The number of aliphatic hydroxyl groups excluding tert-OH is 1. The number of hydrogen-bond acceptors (Lipinski definition) is 8. The number of fused-ring (bicyclic) bond motifs is 1. The van der Waals surface area contributed by atoms with Crippen molar-refractivity contribution in [2.75, 3.05) is 25.2 Å². The molecule has 0 bridgehead atoms. The van der Waals surface area contributed by atoms with Crippen molar-refractivity contribution < 1.29 is 28.9 Å². The van der Waals surface area contributed by atoms with Crippen molar-refractivity contribution in [3.63, 3.8) is 0 Å². The lowest BCUT2D eigenvalue weighted by atomic mass is 9.95. The Kier molecular flexibility index (Phi) is 7.95. The number of hydrogen-bond donors (Lipinski definition) is 1. The summed E-state index contributed by atoms with van der Waals surface area (Å²) in [5.41, 5.74) is 1.46. The van der Waals surface area contributed by atoms with E-state index in [-0.39, 0.29) is 11.3 Å². The van der Waals surface area contributed by atoms with E-state index in [0.29, 0.717) is 57.3 Å². The van der Waals surface area contributed by atoms with Crippen LogP contribution >= 0.6 is 22.9 Å². The molecule has 1 atom stereocenters. The van der Waals surface area contributed by atoms with Crippen LogP contribution in [0.5, 0.6) is 17.2 Å². The number of rotatable bonds is 9. The molecule has 3 aromatic carbocycles. The third-order valence-corrected chi connectivity index (χ3v) is 7.63. The van der Waals surface area contributed by atoms with Gasteiger partial charge >= 0.3 is 5.91 Å². The first-order valence-corrected chi connectivity index (χ1v) is 14.0. The summed E-state index contributed by atoms with van der Waals surface area (Å²) in [6.45, 7) is 4.79. The van der Waals surface area contributed by atoms with Crippen LogP contribution < -0.4 is 19.1 Å². The number of amides is 1. The third-order valence-electron chi connectivity index (χ3n) is 6.37. The standard InChI is InChI=1S/C30H27ClN2O6S/c1-4-13-39-20-8-6-7-18(14-20)27(34)25-26(17-9-12-22(38-5-2)23(15-17)37-3)33(29(36)28(25)35)30-32-21-11-10-19(31)16-24(21)40-30/h6-12,14-16,26,34H,4-5,13H2,1-3H3. The number of anilines is 1. The largest absolute Gasteiger partial charge is 0.507 e. The van der Waals surface area contributed by atoms with Gasteiger partial charge in [-0.05, 0) is 61.4 Å². The molecule has 1 aliphatic heterocycles. The van der Waals surface area contributed by atoms with E-state index in [2.05, 4.69) is 4.98 Å². The number of thiazole rings is 1. The monoisotopic (exact) mass is 578 g/mol. The molecular weight excluding hydrogens is 552 g/mol. The summed E-state index contributed by atoms with van der Waals surface area (Å²) in [4.78, 5) is 33.2. The van der Waals surface area contributed by atoms with Gasteiger partial charge < -0.3 is 19.3 Å². The SMILES string of the molecule is CCCOc1cccc(C(O)=C2C(=O)C(=O)N(c3nc4ccc(Cl)cc4s3)C2c2ccc(OCC)c(OC)c2)c1. The molecule has 40 heavy (non-hydrogen) atoms. The molecule has 1 saturated heterocycles. The predicted octanol–water partition coefficient (Wildman–Crippen LogP) is 6.77. The quantitative estimate of drug-likeness (QED) is 0.133. The lowest BCUT2D eigenvalue weighted by Crippen LogP contribution is -2.29. The summed E-state index contributed by atoms with van der Waals surface area (Å²) < 4.78 is 17.7. The highest BCUT2D eigenvalue weighted by atomic mass is 35.5. The number of carbonyl (C=O) groups excluding carboxylic acids is 2. The number of ketones is 1. The molecule has 1 N–H and O–H groups in total. The van der Waals surface area contributed by atoms with E-state index < -0.39 is 17.7 Å². The lowest BCUT2D eigenvalue weighted by molar-refractivity contribution is -0.132. The Balaban J connectivity index is 1.70. The molecule has 4 aromatic rings. The molecule has 1 unspecified atom stereocenters. The molecule has 5 rings (SSSR count). The van der Waals surface area contributed by atoms with E-state index >= 15 is 0 Å². The minimum Gasteiger partial charge on any atom is -0.507 e. The maximum absolute atomic E-state index is 13.6. The third kappa shape index (κ3) is 5.10. The van der Waals surface area contributed by atoms with Gasteiger partial charge in [0, 0.05) is 10.6 Å². The first-order valence-electron chi connectivity index (χ1n) is 12.8. The number of carbonyl (C=O) groups is 2. The maximum atomic E-state index is 13.6. The number of aliphatic hydroxyl groups is 1. The summed E-state index contributed by atoms with van der Waals surface area (Å²) in [7, 11) is 1.51. The van der Waals surface area contributed by atoms with Gasteiger partial charge in [0.1, 0.15) is 11.5 Å². The zero-order chi connectivity index (χ0) is 28.4. The van der Waals surface area contributed by atoms with Crippen molar-refractivity contribution in [1.29, 1.82) is 0 Å². The Bertz CT molecular complexity index is 1630. The molecule has 0 saturated carbocycles. The molecule has 1 aromatic heterocycles. The van der Waals surface area contributed by atoms with E-state index in [4.69, 9.17) is 25.8 Å². The van der Waals surface area contributed by atoms with Gasteiger partial charge in [-0.2, -0.15) is 0 Å². The Morgan fingerprint density at radius 3 is 2.62 bits per heavy atom. The van der Waals surface area contributed by atoms with Crippen LogP contribution in [0.3, 0.4) is 0 Å². The highest BCUT2D eigenvalue weighted by Gasteiger charge is 2.48. The van der Waals surface area contributed by atoms with E-state index in [1.807, 2.05) is 13.8 Å². The van der Waals surface area contributed by atoms with Gasteiger partial charge in [0.05, 0.1) is 42.2 Å². The van der Waals surface area contributed by atoms with Crippen molar-refractivity contribution in [2.45, 2.75) is 26.3 Å². The van der Waals surface area contributed by atoms with Gasteiger partial charge in [0.2, 0.25) is 0 Å². The average molecular weight is 579 g/mol. The topological polar surface area (TPSA) is 98.2 Å². The van der Waals surface area contributed by atoms with Gasteiger partial charge in [0.15, 0.2) is 16.6 Å². The molecule has 0 spiro atoms. The van der Waals surface area contributed by atoms with Crippen LogP contribution in [0.15, 0.2) is 66.2 Å². The fourth-order valence-corrected chi connectivity index (χ4v) is 5.84. The first-order chi connectivity index (χ1) is 19.4. The Morgan fingerprint density at radius 1 is 1.05 bits per heavy atom. The highest BCUT2D eigenvalue weighted by molar-refractivity contribution is 7.22. The maximum Gasteiger partial charge on any atom is 0.301 e. The zero-order valence-corrected chi connectivity index (χ0v) is 23.7. The predicted molar refractivity (Wildman–Crippen MR) is 156 cm³/mol. The van der Waals surface area contributed by atoms with Crippen LogP contribution in [0.4, 0.5) is 5.13 Å². The Morgan fingerprint density at radius 2 is 1.88 bits per heavy atom. The van der Waals surface area contributed by atoms with Crippen LogP contribution in [0, 0.1) is 0 Å². The molecular formula is C30H27ClN2O6S. The molecule has 2 heterocycles. The van der Waals surface area contributed by atoms with E-state index in [9.17, 15) is 14.7 Å². The Hall–Kier alpha value is -4.08. The summed E-state index contributed by atoms with van der Waals surface area (Å²) in [5.74, 6) is -0.458. The van der Waals surface area contributed by atoms with Gasteiger partial charge in [-0.1, -0.05) is 48.1 Å². The second kappa shape index (κ2) is 11.6. The minimum atomic E-state index is -0.985. The van der Waals surface area contributed by atoms with Gasteiger partial charge in [-0.3, -0.25) is 14.5 Å². The van der Waals surface area contributed by atoms with Crippen molar-refractivity contribution in [1.82, 2.24) is 4.98 Å². The van der Waals surface area contributed by atoms with Gasteiger partial charge in [-0.15, -0.1) is 0 Å². The normalized spacial score (nSPS) is 16.5. The van der Waals surface area contributed by atoms with E-state index in [1.54, 1.807) is 60.7 Å². The second-order valence-electron chi connectivity index (χ2n) is 9.00. The molecule has 1 aliphatic rings. The number of benzene rings is 3. The molecule has 8 nitrogen and oxygen atoms in total. The number of Topliss-reactive ketones (excluding diaryl/α,β-unsaturated/α-hetero) is 1. The highest BCUT2D eigenvalue weighted by Crippen LogP contribution is 2.46. The Labute approximate surface area is 240 Å². The molecule has 206 valence electrons. The van der Waals surface area contributed by atoms with Crippen LogP contribution in [0.1, 0.15) is 37.4 Å². The van der Waals surface area contributed by atoms with Gasteiger partial charge in [-0.25, -0.2) is 4.98 Å². The van der Waals surface area contributed by atoms with E-state index in [1.165, 1.54) is 23.3 Å². The smallest absolute Gasteiger partial charge is 0.301 e. The van der Waals surface area contributed by atoms with Crippen molar-refractivity contribution in [3.8, 4) is 17.2 Å². The minimum absolute atomic E-state index is 0.0684. The molecule has 10 heteroatoms. The van der Waals surface area contributed by atoms with Crippen LogP contribution in [-0.4, -0.2) is 42.1 Å². The zero-order valence-electron chi connectivity index (χ0n) is 22.1. The number of nitrogens with zero attached hydrogens (tertiary/aromatic N) is 2. The molecule has 0 aliphatic carbocycles. The van der Waals surface area contributed by atoms with Crippen molar-refractivity contribution >= 4 is 55.7 Å². The first kappa shape index (κ1) is 27.5. The summed E-state index contributed by atoms with van der Waals surface area (Å²) in [6, 6.07) is 16.2. The molecule has 0 radical (unpaired) electrons. The number of halogens is 1. The number of ether oxygens (including phenoxy) is 3. The fraction of sp³-hybridized carbons (Fsp3) is 0.233. The lowest BCUT2D eigenvalue weighted by Gasteiger charge is -2.24. The van der Waals surface area contributed by atoms with Crippen molar-refractivity contribution in [3.05, 3.63) is 82.4 Å². The molecule has 1 fully saturated rings. The van der Waals surface area contributed by atoms with E-state index in [0.717, 1.165) is 11.1 Å². The number of methoxy groups -OCH3 is 1. The van der Waals surface area contributed by atoms with Crippen LogP contribution in [-0.2, 0) is 9.59 Å². The van der Waals surface area contributed by atoms with Crippen molar-refractivity contribution in [2.24, 2.45) is 0 Å². The summed E-state index contributed by atoms with van der Waals surface area (Å²) >= 11 is 7.41. The van der Waals surface area contributed by atoms with Crippen LogP contribution in [0.25, 0.3) is 16.0 Å².